The Kier molecular flexibility index (Phi) is 5.54. The quantitative estimate of drug-likeness (QED) is 0.624. The van der Waals surface area contributed by atoms with Gasteiger partial charge in [0.2, 0.25) is 5.75 Å². The van der Waals surface area contributed by atoms with E-state index in [0.29, 0.717) is 22.8 Å². The molecule has 176 valence electrons. The van der Waals surface area contributed by atoms with Crippen LogP contribution in [0.4, 0.5) is 0 Å². The van der Waals surface area contributed by atoms with E-state index in [-0.39, 0.29) is 16.7 Å². The maximum absolute atomic E-state index is 13.2. The summed E-state index contributed by atoms with van der Waals surface area (Å²) in [5, 5.41) is 3.28. The molecule has 2 aromatic rings. The number of hydrogen-bond acceptors (Lipinski definition) is 4. The van der Waals surface area contributed by atoms with Crippen LogP contribution in [0.5, 0.6) is 17.2 Å². The van der Waals surface area contributed by atoms with Crippen molar-refractivity contribution in [3.63, 3.8) is 0 Å². The van der Waals surface area contributed by atoms with Gasteiger partial charge in [0.15, 0.2) is 11.5 Å². The van der Waals surface area contributed by atoms with E-state index in [0.717, 1.165) is 18.4 Å². The number of carbonyl (C=O) groups is 1. The highest BCUT2D eigenvalue weighted by Gasteiger charge is 2.58. The molecule has 4 saturated carbocycles. The lowest BCUT2D eigenvalue weighted by molar-refractivity contribution is -0.0697. The first kappa shape index (κ1) is 22.1. The van der Waals surface area contributed by atoms with Crippen molar-refractivity contribution in [2.45, 2.75) is 50.9 Å². The summed E-state index contributed by atoms with van der Waals surface area (Å²) in [6.45, 7) is 2.88. The van der Waals surface area contributed by atoms with E-state index in [1.807, 2.05) is 0 Å². The lowest BCUT2D eigenvalue weighted by Gasteiger charge is -2.62. The molecule has 2 aromatic carbocycles. The molecule has 0 heterocycles. The highest BCUT2D eigenvalue weighted by Crippen LogP contribution is 2.65. The van der Waals surface area contributed by atoms with E-state index in [1.54, 1.807) is 33.5 Å². The van der Waals surface area contributed by atoms with Crippen LogP contribution in [0.15, 0.2) is 36.4 Å². The third kappa shape index (κ3) is 3.85. The van der Waals surface area contributed by atoms with Gasteiger partial charge in [-0.25, -0.2) is 0 Å². The van der Waals surface area contributed by atoms with Gasteiger partial charge in [0, 0.05) is 12.1 Å². The first-order valence-corrected chi connectivity index (χ1v) is 12.0. The fourth-order valence-electron chi connectivity index (χ4n) is 7.49. The van der Waals surface area contributed by atoms with Crippen LogP contribution < -0.4 is 19.5 Å². The van der Waals surface area contributed by atoms with Gasteiger partial charge in [0.05, 0.1) is 21.3 Å². The molecule has 4 aliphatic carbocycles. The molecule has 1 N–H and O–H groups in total. The number of benzene rings is 2. The monoisotopic (exact) mass is 449 g/mol. The van der Waals surface area contributed by atoms with E-state index in [1.165, 1.54) is 49.7 Å². The fourth-order valence-corrected chi connectivity index (χ4v) is 7.49. The molecule has 1 amide bonds. The third-order valence-electron chi connectivity index (χ3n) is 8.40. The molecule has 0 radical (unpaired) electrons. The van der Waals surface area contributed by atoms with Gasteiger partial charge in [0.1, 0.15) is 0 Å². The van der Waals surface area contributed by atoms with Crippen LogP contribution in [-0.2, 0) is 5.41 Å². The molecule has 0 aliphatic heterocycles. The number of methoxy groups -OCH3 is 3. The summed E-state index contributed by atoms with van der Waals surface area (Å²) in [7, 11) is 4.70. The number of ether oxygens (including phenoxy) is 3. The van der Waals surface area contributed by atoms with Gasteiger partial charge in [0.25, 0.3) is 5.91 Å². The van der Waals surface area contributed by atoms with Crippen molar-refractivity contribution in [2.24, 2.45) is 17.3 Å². The minimum atomic E-state index is -0.0885. The Morgan fingerprint density at radius 1 is 0.939 bits per heavy atom. The standard InChI is InChI=1S/C28H35NO4/c1-18-5-7-22(8-6-18)28-14-19-9-20(15-28)13-27(12-19,16-28)17-29-26(30)21-10-23(31-2)25(33-4)24(11-21)32-3/h5-8,10-11,19-20H,9,12-17H2,1-4H3,(H,29,30)/t19-,20+,27?,28?. The van der Waals surface area contributed by atoms with E-state index in [4.69, 9.17) is 14.2 Å². The maximum Gasteiger partial charge on any atom is 0.251 e. The van der Waals surface area contributed by atoms with Crippen molar-refractivity contribution in [3.05, 3.63) is 53.1 Å². The SMILES string of the molecule is COc1cc(C(=O)NCC23C[C@H]4C[C@@H](C2)CC(c2ccc(C)cc2)(C4)C3)cc(OC)c1OC. The van der Waals surface area contributed by atoms with Crippen molar-refractivity contribution in [1.82, 2.24) is 5.32 Å². The summed E-state index contributed by atoms with van der Waals surface area (Å²) >= 11 is 0. The Hall–Kier alpha value is -2.69. The second-order valence-electron chi connectivity index (χ2n) is 10.7. The zero-order valence-electron chi connectivity index (χ0n) is 20.2. The second kappa shape index (κ2) is 8.27. The molecular weight excluding hydrogens is 414 g/mol. The number of nitrogens with one attached hydrogen (secondary N) is 1. The van der Waals surface area contributed by atoms with Crippen LogP contribution in [0.1, 0.15) is 60.0 Å². The van der Waals surface area contributed by atoms with Crippen molar-refractivity contribution < 1.29 is 19.0 Å². The van der Waals surface area contributed by atoms with Gasteiger partial charge in [-0.1, -0.05) is 29.8 Å². The van der Waals surface area contributed by atoms with Crippen molar-refractivity contribution in [3.8, 4) is 17.2 Å². The predicted octanol–water partition coefficient (Wildman–Crippen LogP) is 5.29. The van der Waals surface area contributed by atoms with Crippen LogP contribution >= 0.6 is 0 Å². The summed E-state index contributed by atoms with van der Waals surface area (Å²) in [6, 6.07) is 12.7. The zero-order chi connectivity index (χ0) is 23.2. The molecule has 0 aromatic heterocycles. The topological polar surface area (TPSA) is 56.8 Å². The second-order valence-corrected chi connectivity index (χ2v) is 10.7. The number of carbonyl (C=O) groups excluding carboxylic acids is 1. The Morgan fingerprint density at radius 3 is 2.09 bits per heavy atom. The summed E-state index contributed by atoms with van der Waals surface area (Å²) in [6.07, 6.45) is 7.59. The minimum Gasteiger partial charge on any atom is -0.493 e. The molecule has 6 rings (SSSR count). The van der Waals surface area contributed by atoms with Crippen LogP contribution in [0.3, 0.4) is 0 Å². The molecule has 4 fully saturated rings. The van der Waals surface area contributed by atoms with E-state index in [2.05, 4.69) is 36.5 Å². The summed E-state index contributed by atoms with van der Waals surface area (Å²) < 4.78 is 16.3. The van der Waals surface area contributed by atoms with Crippen LogP contribution in [0.2, 0.25) is 0 Å². The molecule has 2 unspecified atom stereocenters. The molecule has 33 heavy (non-hydrogen) atoms. The molecule has 4 aliphatic rings. The smallest absolute Gasteiger partial charge is 0.251 e. The Bertz CT molecular complexity index is 1010. The average molecular weight is 450 g/mol. The lowest BCUT2D eigenvalue weighted by Crippen LogP contribution is -2.57. The van der Waals surface area contributed by atoms with Crippen molar-refractivity contribution in [1.29, 1.82) is 0 Å². The van der Waals surface area contributed by atoms with Gasteiger partial charge in [-0.3, -0.25) is 4.79 Å². The molecule has 4 bridgehead atoms. The predicted molar refractivity (Wildman–Crippen MR) is 128 cm³/mol. The first-order chi connectivity index (χ1) is 15.9. The average Bonchev–Trinajstić information content (AvgIpc) is 2.81. The van der Waals surface area contributed by atoms with Gasteiger partial charge >= 0.3 is 0 Å². The normalized spacial score (nSPS) is 29.6. The molecular formula is C28H35NO4. The van der Waals surface area contributed by atoms with Crippen LogP contribution in [0.25, 0.3) is 0 Å². The summed E-state index contributed by atoms with van der Waals surface area (Å²) in [5.74, 6) is 2.94. The fraction of sp³-hybridized carbons (Fsp3) is 0.536. The van der Waals surface area contributed by atoms with Gasteiger partial charge in [-0.15, -0.1) is 0 Å². The molecule has 5 heteroatoms. The zero-order valence-corrected chi connectivity index (χ0v) is 20.2. The largest absolute Gasteiger partial charge is 0.493 e. The summed E-state index contributed by atoms with van der Waals surface area (Å²) in [5.41, 5.74) is 3.81. The number of amides is 1. The van der Waals surface area contributed by atoms with Crippen molar-refractivity contribution in [2.75, 3.05) is 27.9 Å². The van der Waals surface area contributed by atoms with E-state index < -0.39 is 0 Å². The highest BCUT2D eigenvalue weighted by molar-refractivity contribution is 5.95. The molecule has 5 nitrogen and oxygen atoms in total. The molecule has 0 saturated heterocycles. The summed E-state index contributed by atoms with van der Waals surface area (Å²) in [4.78, 5) is 13.2. The minimum absolute atomic E-state index is 0.0885. The van der Waals surface area contributed by atoms with Gasteiger partial charge in [-0.2, -0.15) is 0 Å². The maximum atomic E-state index is 13.2. The number of aryl methyl sites for hydroxylation is 1. The number of hydrogen-bond donors (Lipinski definition) is 1. The van der Waals surface area contributed by atoms with Crippen LogP contribution in [-0.4, -0.2) is 33.8 Å². The Morgan fingerprint density at radius 2 is 1.55 bits per heavy atom. The molecule has 0 spiro atoms. The Labute approximate surface area is 196 Å². The van der Waals surface area contributed by atoms with E-state index >= 15 is 0 Å². The number of rotatable bonds is 7. The van der Waals surface area contributed by atoms with Gasteiger partial charge in [-0.05, 0) is 85.8 Å². The van der Waals surface area contributed by atoms with E-state index in [9.17, 15) is 4.79 Å². The lowest BCUT2D eigenvalue weighted by atomic mass is 9.43. The third-order valence-corrected chi connectivity index (χ3v) is 8.40. The first-order valence-electron chi connectivity index (χ1n) is 12.0. The van der Waals surface area contributed by atoms with Crippen LogP contribution in [0, 0.1) is 24.2 Å². The Balaban J connectivity index is 1.37. The van der Waals surface area contributed by atoms with Gasteiger partial charge < -0.3 is 19.5 Å². The van der Waals surface area contributed by atoms with Crippen molar-refractivity contribution >= 4 is 5.91 Å². The molecule has 4 atom stereocenters. The highest BCUT2D eigenvalue weighted by atomic mass is 16.5.